The lowest BCUT2D eigenvalue weighted by atomic mass is 10.1. The zero-order chi connectivity index (χ0) is 31.0. The second kappa shape index (κ2) is 14.2. The van der Waals surface area contributed by atoms with Crippen molar-refractivity contribution in [2.75, 3.05) is 31.6 Å². The first-order chi connectivity index (χ1) is 19.9. The van der Waals surface area contributed by atoms with Gasteiger partial charge in [-0.3, -0.25) is 13.9 Å². The lowest BCUT2D eigenvalue weighted by Gasteiger charge is -2.33. The van der Waals surface area contributed by atoms with Gasteiger partial charge in [0.1, 0.15) is 24.1 Å². The summed E-state index contributed by atoms with van der Waals surface area (Å²) >= 11 is 0. The van der Waals surface area contributed by atoms with Gasteiger partial charge in [0.2, 0.25) is 11.8 Å². The summed E-state index contributed by atoms with van der Waals surface area (Å²) in [6.45, 7) is 9.39. The van der Waals surface area contributed by atoms with Crippen molar-refractivity contribution in [1.29, 1.82) is 0 Å². The third-order valence-electron chi connectivity index (χ3n) is 7.00. The predicted molar refractivity (Wildman–Crippen MR) is 164 cm³/mol. The van der Waals surface area contributed by atoms with Crippen LogP contribution in [0.4, 0.5) is 5.69 Å². The number of sulfonamides is 1. The van der Waals surface area contributed by atoms with Gasteiger partial charge in [-0.15, -0.1) is 0 Å². The smallest absolute Gasteiger partial charge is 0.264 e. The first kappa shape index (κ1) is 32.5. The fraction of sp³-hybridized carbons (Fsp3) is 0.375. The van der Waals surface area contributed by atoms with Crippen molar-refractivity contribution in [3.8, 4) is 11.5 Å². The molecule has 0 fully saturated rings. The van der Waals surface area contributed by atoms with Crippen molar-refractivity contribution in [3.63, 3.8) is 0 Å². The van der Waals surface area contributed by atoms with E-state index in [4.69, 9.17) is 9.47 Å². The highest BCUT2D eigenvalue weighted by atomic mass is 32.2. The molecule has 226 valence electrons. The first-order valence-electron chi connectivity index (χ1n) is 13.8. The Hall–Kier alpha value is -4.05. The molecule has 0 radical (unpaired) electrons. The van der Waals surface area contributed by atoms with E-state index in [1.165, 1.54) is 37.3 Å². The van der Waals surface area contributed by atoms with Gasteiger partial charge in [-0.05, 0) is 62.1 Å². The maximum atomic E-state index is 14.2. The Kier molecular flexibility index (Phi) is 11.0. The van der Waals surface area contributed by atoms with Crippen LogP contribution >= 0.6 is 0 Å². The van der Waals surface area contributed by atoms with Crippen LogP contribution in [-0.4, -0.2) is 58.5 Å². The van der Waals surface area contributed by atoms with Gasteiger partial charge in [0.15, 0.2) is 0 Å². The average Bonchev–Trinajstić information content (AvgIpc) is 2.97. The molecule has 0 bridgehead atoms. The predicted octanol–water partition coefficient (Wildman–Crippen LogP) is 4.71. The van der Waals surface area contributed by atoms with Crippen LogP contribution in [0.1, 0.15) is 37.5 Å². The zero-order valence-corrected chi connectivity index (χ0v) is 26.2. The highest BCUT2D eigenvalue weighted by Crippen LogP contribution is 2.36. The third-order valence-corrected chi connectivity index (χ3v) is 8.77. The van der Waals surface area contributed by atoms with Crippen molar-refractivity contribution >= 4 is 27.5 Å². The minimum Gasteiger partial charge on any atom is -0.497 e. The summed E-state index contributed by atoms with van der Waals surface area (Å²) < 4.78 is 40.2. The van der Waals surface area contributed by atoms with E-state index in [2.05, 4.69) is 5.32 Å². The van der Waals surface area contributed by atoms with Crippen molar-refractivity contribution in [3.05, 3.63) is 83.4 Å². The number of anilines is 1. The summed E-state index contributed by atoms with van der Waals surface area (Å²) in [5.74, 6) is -0.0195. The summed E-state index contributed by atoms with van der Waals surface area (Å²) in [6.07, 6.45) is 0. The average molecular weight is 596 g/mol. The largest absolute Gasteiger partial charge is 0.497 e. The van der Waals surface area contributed by atoms with E-state index in [-0.39, 0.29) is 34.7 Å². The third kappa shape index (κ3) is 7.82. The highest BCUT2D eigenvalue weighted by Gasteiger charge is 2.34. The maximum absolute atomic E-state index is 14.2. The molecule has 3 aromatic rings. The molecule has 0 aliphatic rings. The monoisotopic (exact) mass is 595 g/mol. The topological polar surface area (TPSA) is 105 Å². The van der Waals surface area contributed by atoms with Crippen LogP contribution in [0.5, 0.6) is 11.5 Å². The number of hydrogen-bond donors (Lipinski definition) is 1. The van der Waals surface area contributed by atoms with Gasteiger partial charge in [0, 0.05) is 19.2 Å². The number of nitrogens with one attached hydrogen (secondary N) is 1. The zero-order valence-electron chi connectivity index (χ0n) is 25.4. The van der Waals surface area contributed by atoms with Crippen LogP contribution in [0.15, 0.2) is 71.6 Å². The number of carbonyl (C=O) groups is 2. The van der Waals surface area contributed by atoms with E-state index in [9.17, 15) is 18.0 Å². The lowest BCUT2D eigenvalue weighted by molar-refractivity contribution is -0.139. The van der Waals surface area contributed by atoms with Crippen LogP contribution in [0.2, 0.25) is 0 Å². The van der Waals surface area contributed by atoms with Crippen molar-refractivity contribution in [2.45, 2.75) is 52.1 Å². The number of methoxy groups -OCH3 is 2. The second-order valence-electron chi connectivity index (χ2n) is 10.6. The van der Waals surface area contributed by atoms with Gasteiger partial charge in [-0.2, -0.15) is 0 Å². The lowest BCUT2D eigenvalue weighted by Crippen LogP contribution is -2.51. The fourth-order valence-electron chi connectivity index (χ4n) is 4.35. The first-order valence-corrected chi connectivity index (χ1v) is 15.3. The summed E-state index contributed by atoms with van der Waals surface area (Å²) in [6, 6.07) is 17.9. The van der Waals surface area contributed by atoms with E-state index >= 15 is 0 Å². The Morgan fingerprint density at radius 2 is 1.57 bits per heavy atom. The molecule has 0 spiro atoms. The van der Waals surface area contributed by atoms with Gasteiger partial charge >= 0.3 is 0 Å². The molecular formula is C32H41N3O6S. The van der Waals surface area contributed by atoms with Crippen LogP contribution in [0, 0.1) is 19.8 Å². The molecule has 9 nitrogen and oxygen atoms in total. The van der Waals surface area contributed by atoms with Gasteiger partial charge in [-0.1, -0.05) is 55.8 Å². The number of rotatable bonds is 13. The Labute approximate surface area is 249 Å². The SMILES string of the molecule is COc1ccc(OC)c(N(CC(=O)N(Cc2ccccc2C)C(C)C(=O)NCC(C)C)S(=O)(=O)c2ccc(C)cc2)c1. The standard InChI is InChI=1S/C32H41N3O6S/c1-22(2)19-33-32(37)25(5)34(20-26-11-9-8-10-24(26)4)31(36)21-35(29-18-27(40-6)14-17-30(29)41-7)42(38,39)28-15-12-23(3)13-16-28/h8-18,22,25H,19-21H2,1-7H3,(H,33,37). The molecule has 0 heterocycles. The van der Waals surface area contributed by atoms with E-state index in [0.29, 0.717) is 12.3 Å². The van der Waals surface area contributed by atoms with Gasteiger partial charge in [-0.25, -0.2) is 8.42 Å². The molecule has 0 aliphatic heterocycles. The van der Waals surface area contributed by atoms with E-state index < -0.39 is 28.5 Å². The number of aryl methyl sites for hydroxylation is 2. The molecule has 10 heteroatoms. The molecule has 0 aromatic heterocycles. The number of carbonyl (C=O) groups excluding carboxylic acids is 2. The Morgan fingerprint density at radius 1 is 0.905 bits per heavy atom. The molecule has 1 atom stereocenters. The van der Waals surface area contributed by atoms with E-state index in [1.54, 1.807) is 31.2 Å². The summed E-state index contributed by atoms with van der Waals surface area (Å²) in [5.41, 5.74) is 2.82. The van der Waals surface area contributed by atoms with Crippen molar-refractivity contribution < 1.29 is 27.5 Å². The number of benzene rings is 3. The molecule has 2 amide bonds. The second-order valence-corrected chi connectivity index (χ2v) is 12.5. The molecule has 1 N–H and O–H groups in total. The van der Waals surface area contributed by atoms with Crippen molar-refractivity contribution in [1.82, 2.24) is 10.2 Å². The van der Waals surface area contributed by atoms with E-state index in [0.717, 1.165) is 21.0 Å². The van der Waals surface area contributed by atoms with Gasteiger partial charge in [0.25, 0.3) is 10.0 Å². The van der Waals surface area contributed by atoms with Crippen molar-refractivity contribution in [2.24, 2.45) is 5.92 Å². The molecule has 0 saturated heterocycles. The highest BCUT2D eigenvalue weighted by molar-refractivity contribution is 7.92. The number of amides is 2. The van der Waals surface area contributed by atoms with Crippen LogP contribution in [0.25, 0.3) is 0 Å². The molecule has 3 rings (SSSR count). The summed E-state index contributed by atoms with van der Waals surface area (Å²) in [5, 5.41) is 2.90. The number of hydrogen-bond acceptors (Lipinski definition) is 6. The molecule has 1 unspecified atom stereocenters. The Morgan fingerprint density at radius 3 is 2.17 bits per heavy atom. The van der Waals surface area contributed by atoms with Crippen LogP contribution in [-0.2, 0) is 26.2 Å². The normalized spacial score (nSPS) is 12.0. The fourth-order valence-corrected chi connectivity index (χ4v) is 5.77. The number of nitrogens with zero attached hydrogens (tertiary/aromatic N) is 2. The molecular weight excluding hydrogens is 554 g/mol. The van der Waals surface area contributed by atoms with Crippen LogP contribution < -0.4 is 19.1 Å². The van der Waals surface area contributed by atoms with Crippen LogP contribution in [0.3, 0.4) is 0 Å². The Balaban J connectivity index is 2.12. The minimum atomic E-state index is -4.26. The Bertz CT molecular complexity index is 1490. The molecule has 0 saturated carbocycles. The van der Waals surface area contributed by atoms with Gasteiger partial charge in [0.05, 0.1) is 24.8 Å². The van der Waals surface area contributed by atoms with Gasteiger partial charge < -0.3 is 19.7 Å². The summed E-state index contributed by atoms with van der Waals surface area (Å²) in [7, 11) is -1.36. The molecule has 3 aromatic carbocycles. The summed E-state index contributed by atoms with van der Waals surface area (Å²) in [4.78, 5) is 28.8. The minimum absolute atomic E-state index is 0.0129. The maximum Gasteiger partial charge on any atom is 0.264 e. The molecule has 0 aliphatic carbocycles. The molecule has 42 heavy (non-hydrogen) atoms. The number of ether oxygens (including phenoxy) is 2. The quantitative estimate of drug-likeness (QED) is 0.307. The van der Waals surface area contributed by atoms with E-state index in [1.807, 2.05) is 52.0 Å².